The molecule has 0 spiro atoms. The van der Waals surface area contributed by atoms with Crippen LogP contribution in [0.2, 0.25) is 0 Å². The van der Waals surface area contributed by atoms with Crippen molar-refractivity contribution < 1.29 is 13.7 Å². The Morgan fingerprint density at radius 3 is 2.71 bits per heavy atom. The van der Waals surface area contributed by atoms with Gasteiger partial charge in [0.05, 0.1) is 41.2 Å². The average Bonchev–Trinajstić information content (AvgIpc) is 2.74. The highest BCUT2D eigenvalue weighted by molar-refractivity contribution is 7.84. The molecule has 0 bridgehead atoms. The Kier molecular flexibility index (Phi) is 4.15. The van der Waals surface area contributed by atoms with Gasteiger partial charge in [-0.3, -0.25) is 14.2 Å². The van der Waals surface area contributed by atoms with Gasteiger partial charge >= 0.3 is 0 Å². The lowest BCUT2D eigenvalue weighted by Crippen LogP contribution is -2.01. The van der Waals surface area contributed by atoms with Crippen molar-refractivity contribution >= 4 is 10.8 Å². The molecule has 6 heteroatoms. The quantitative estimate of drug-likeness (QED) is 0.870. The number of aromatic nitrogens is 2. The van der Waals surface area contributed by atoms with E-state index >= 15 is 0 Å². The monoisotopic (exact) mass is 304 g/mol. The molecule has 110 valence electrons. The third-order valence-corrected chi connectivity index (χ3v) is 4.43. The normalized spacial score (nSPS) is 15.3. The van der Waals surface area contributed by atoms with E-state index in [4.69, 9.17) is 9.47 Å². The number of fused-ring (bicyclic) bond motifs is 1. The maximum Gasteiger partial charge on any atom is 0.162 e. The van der Waals surface area contributed by atoms with Crippen molar-refractivity contribution in [2.45, 2.75) is 24.0 Å². The summed E-state index contributed by atoms with van der Waals surface area (Å²) in [7, 11) is -1.18. The number of hydrogen-bond acceptors (Lipinski definition) is 5. The van der Waals surface area contributed by atoms with Gasteiger partial charge in [0.15, 0.2) is 11.5 Å². The standard InChI is InChI=1S/C15H16N2O3S/c1-11-8-17-12(9-16-11)10-21(18)13-3-4-14-15(7-13)20-6-2-5-19-14/h3-4,7-9H,2,5-6,10H2,1H3. The van der Waals surface area contributed by atoms with E-state index in [1.165, 1.54) is 0 Å². The fourth-order valence-electron chi connectivity index (χ4n) is 2.00. The molecule has 0 radical (unpaired) electrons. The Bertz CT molecular complexity index is 658. The van der Waals surface area contributed by atoms with Gasteiger partial charge < -0.3 is 9.47 Å². The van der Waals surface area contributed by atoms with E-state index in [0.717, 1.165) is 12.1 Å². The highest BCUT2D eigenvalue weighted by Crippen LogP contribution is 2.31. The van der Waals surface area contributed by atoms with Crippen LogP contribution in [0.1, 0.15) is 17.8 Å². The lowest BCUT2D eigenvalue weighted by Gasteiger charge is -2.09. The number of aryl methyl sites for hydroxylation is 1. The first kappa shape index (κ1) is 14.0. The molecule has 2 heterocycles. The summed E-state index contributed by atoms with van der Waals surface area (Å²) in [6, 6.07) is 5.42. The Morgan fingerprint density at radius 1 is 1.14 bits per heavy atom. The second-order valence-corrected chi connectivity index (χ2v) is 6.25. The van der Waals surface area contributed by atoms with Gasteiger partial charge in [-0.05, 0) is 19.1 Å². The van der Waals surface area contributed by atoms with Gasteiger partial charge in [0.2, 0.25) is 0 Å². The molecule has 1 atom stereocenters. The molecule has 0 N–H and O–H groups in total. The molecule has 21 heavy (non-hydrogen) atoms. The lowest BCUT2D eigenvalue weighted by atomic mass is 10.3. The van der Waals surface area contributed by atoms with Crippen molar-refractivity contribution in [3.63, 3.8) is 0 Å². The maximum absolute atomic E-state index is 12.4. The van der Waals surface area contributed by atoms with Crippen molar-refractivity contribution in [3.8, 4) is 11.5 Å². The van der Waals surface area contributed by atoms with E-state index in [9.17, 15) is 4.21 Å². The molecule has 0 saturated heterocycles. The van der Waals surface area contributed by atoms with Crippen LogP contribution in [0.15, 0.2) is 35.5 Å². The van der Waals surface area contributed by atoms with Crippen molar-refractivity contribution in [1.29, 1.82) is 0 Å². The molecule has 0 saturated carbocycles. The molecule has 1 unspecified atom stereocenters. The topological polar surface area (TPSA) is 61.3 Å². The van der Waals surface area contributed by atoms with Crippen LogP contribution in [-0.2, 0) is 16.6 Å². The third kappa shape index (κ3) is 3.39. The van der Waals surface area contributed by atoms with Gasteiger partial charge in [0, 0.05) is 29.8 Å². The smallest absolute Gasteiger partial charge is 0.162 e. The van der Waals surface area contributed by atoms with E-state index in [2.05, 4.69) is 9.97 Å². The largest absolute Gasteiger partial charge is 0.490 e. The Morgan fingerprint density at radius 2 is 1.95 bits per heavy atom. The molecule has 1 aromatic heterocycles. The molecule has 0 fully saturated rings. The molecule has 0 amide bonds. The van der Waals surface area contributed by atoms with Gasteiger partial charge in [-0.1, -0.05) is 0 Å². The SMILES string of the molecule is Cc1cnc(CS(=O)c2ccc3c(c2)OCCCO3)cn1. The van der Waals surface area contributed by atoms with Crippen molar-refractivity contribution in [1.82, 2.24) is 9.97 Å². The summed E-state index contributed by atoms with van der Waals surface area (Å²) in [6.07, 6.45) is 4.20. The predicted molar refractivity (Wildman–Crippen MR) is 78.9 cm³/mol. The van der Waals surface area contributed by atoms with Crippen LogP contribution in [0.25, 0.3) is 0 Å². The van der Waals surface area contributed by atoms with Crippen molar-refractivity contribution in [3.05, 3.63) is 42.0 Å². The number of rotatable bonds is 3. The lowest BCUT2D eigenvalue weighted by molar-refractivity contribution is 0.297. The summed E-state index contributed by atoms with van der Waals surface area (Å²) in [5.41, 5.74) is 1.56. The zero-order chi connectivity index (χ0) is 14.7. The van der Waals surface area contributed by atoms with Crippen LogP contribution in [-0.4, -0.2) is 27.4 Å². The van der Waals surface area contributed by atoms with Crippen LogP contribution in [0.5, 0.6) is 11.5 Å². The van der Waals surface area contributed by atoms with Crippen LogP contribution < -0.4 is 9.47 Å². The van der Waals surface area contributed by atoms with Gasteiger partial charge in [0.1, 0.15) is 0 Å². The zero-order valence-electron chi connectivity index (χ0n) is 11.7. The number of ether oxygens (including phenoxy) is 2. The Labute approximate surface area is 125 Å². The number of benzene rings is 1. The molecule has 1 aromatic carbocycles. The number of hydrogen-bond donors (Lipinski definition) is 0. The summed E-state index contributed by atoms with van der Waals surface area (Å²) in [5, 5.41) is 0. The second kappa shape index (κ2) is 6.22. The first-order valence-corrected chi connectivity index (χ1v) is 8.10. The number of nitrogens with zero attached hydrogens (tertiary/aromatic N) is 2. The first-order chi connectivity index (χ1) is 10.2. The van der Waals surface area contributed by atoms with Crippen molar-refractivity contribution in [2.75, 3.05) is 13.2 Å². The minimum absolute atomic E-state index is 0.340. The summed E-state index contributed by atoms with van der Waals surface area (Å²) in [6.45, 7) is 3.14. The molecular formula is C15H16N2O3S. The van der Waals surface area contributed by atoms with Crippen molar-refractivity contribution in [2.24, 2.45) is 0 Å². The highest BCUT2D eigenvalue weighted by Gasteiger charge is 2.14. The van der Waals surface area contributed by atoms with Crippen LogP contribution >= 0.6 is 0 Å². The molecular weight excluding hydrogens is 288 g/mol. The van der Waals surface area contributed by atoms with Crippen LogP contribution in [0.3, 0.4) is 0 Å². The molecule has 0 aliphatic carbocycles. The van der Waals surface area contributed by atoms with Crippen LogP contribution in [0, 0.1) is 6.92 Å². The molecule has 5 nitrogen and oxygen atoms in total. The second-order valence-electron chi connectivity index (χ2n) is 4.80. The van der Waals surface area contributed by atoms with Gasteiger partial charge in [-0.25, -0.2) is 0 Å². The minimum Gasteiger partial charge on any atom is -0.490 e. The summed E-state index contributed by atoms with van der Waals surface area (Å²) < 4.78 is 23.6. The van der Waals surface area contributed by atoms with Gasteiger partial charge in [-0.2, -0.15) is 0 Å². The van der Waals surface area contributed by atoms with E-state index in [1.54, 1.807) is 18.5 Å². The minimum atomic E-state index is -1.18. The maximum atomic E-state index is 12.4. The molecule has 1 aliphatic rings. The average molecular weight is 304 g/mol. The van der Waals surface area contributed by atoms with Gasteiger partial charge in [0.25, 0.3) is 0 Å². The first-order valence-electron chi connectivity index (χ1n) is 6.78. The van der Waals surface area contributed by atoms with E-state index in [1.807, 2.05) is 19.1 Å². The van der Waals surface area contributed by atoms with E-state index in [0.29, 0.717) is 41.1 Å². The summed E-state index contributed by atoms with van der Waals surface area (Å²) in [4.78, 5) is 9.11. The summed E-state index contributed by atoms with van der Waals surface area (Å²) in [5.74, 6) is 1.71. The van der Waals surface area contributed by atoms with E-state index < -0.39 is 10.8 Å². The zero-order valence-corrected chi connectivity index (χ0v) is 12.6. The third-order valence-electron chi connectivity index (χ3n) is 3.10. The van der Waals surface area contributed by atoms with Crippen LogP contribution in [0.4, 0.5) is 0 Å². The van der Waals surface area contributed by atoms with Gasteiger partial charge in [-0.15, -0.1) is 0 Å². The summed E-state index contributed by atoms with van der Waals surface area (Å²) >= 11 is 0. The Hall–Kier alpha value is -1.95. The molecule has 1 aliphatic heterocycles. The Balaban J connectivity index is 1.78. The predicted octanol–water partition coefficient (Wildman–Crippen LogP) is 2.25. The highest BCUT2D eigenvalue weighted by atomic mass is 32.2. The fraction of sp³-hybridized carbons (Fsp3) is 0.333. The molecule has 3 rings (SSSR count). The van der Waals surface area contributed by atoms with E-state index in [-0.39, 0.29) is 0 Å². The fourth-order valence-corrected chi connectivity index (χ4v) is 3.04. The molecule has 2 aromatic rings.